The molecule has 3 heterocycles. The van der Waals surface area contributed by atoms with Crippen molar-refractivity contribution in [2.24, 2.45) is 12.8 Å². The van der Waals surface area contributed by atoms with E-state index in [4.69, 9.17) is 10.5 Å². The zero-order valence-electron chi connectivity index (χ0n) is 19.4. The minimum atomic E-state index is -0.631. The Labute approximate surface area is 197 Å². The second kappa shape index (κ2) is 9.41. The minimum Gasteiger partial charge on any atom is -0.383 e. The number of likely N-dealkylation sites (tertiary alicyclic amines) is 1. The number of nitrogens with two attached hydrogens (primary N) is 1. The number of amides is 2. The number of carbonyl (C=O) groups excluding carboxylic acids is 2. The van der Waals surface area contributed by atoms with Crippen LogP contribution in [0.1, 0.15) is 34.1 Å². The van der Waals surface area contributed by atoms with Gasteiger partial charge in [-0.05, 0) is 36.6 Å². The first-order valence-electron chi connectivity index (χ1n) is 10.8. The molecule has 2 atom stereocenters. The van der Waals surface area contributed by atoms with E-state index in [1.54, 1.807) is 28.4 Å². The molecule has 2 amide bonds. The summed E-state index contributed by atoms with van der Waals surface area (Å²) in [5, 5.41) is 13.0. The number of anilines is 1. The molecule has 10 nitrogen and oxygen atoms in total. The van der Waals surface area contributed by atoms with Gasteiger partial charge in [0.15, 0.2) is 5.69 Å². The number of methoxy groups -OCH3 is 1. The van der Waals surface area contributed by atoms with Gasteiger partial charge in [-0.15, -0.1) is 0 Å². The fourth-order valence-electron chi connectivity index (χ4n) is 4.42. The van der Waals surface area contributed by atoms with E-state index in [1.807, 2.05) is 31.4 Å². The smallest absolute Gasteiger partial charge is 0.255 e. The van der Waals surface area contributed by atoms with Gasteiger partial charge in [-0.2, -0.15) is 10.2 Å². The average molecular weight is 462 g/mol. The molecule has 1 aliphatic heterocycles. The second-order valence-corrected chi connectivity index (χ2v) is 8.15. The van der Waals surface area contributed by atoms with Crippen LogP contribution in [-0.4, -0.2) is 69.6 Å². The molecule has 0 radical (unpaired) electrons. The number of primary amides is 1. The molecule has 4 rings (SSSR count). The number of aromatic nitrogens is 4. The number of hydrogen-bond donors (Lipinski definition) is 2. The molecule has 34 heavy (non-hydrogen) atoms. The lowest BCUT2D eigenvalue weighted by Crippen LogP contribution is -2.37. The summed E-state index contributed by atoms with van der Waals surface area (Å²) < 4.78 is 8.75. The van der Waals surface area contributed by atoms with Gasteiger partial charge in [0.2, 0.25) is 5.91 Å². The monoisotopic (exact) mass is 461 g/mol. The molecule has 1 fully saturated rings. The van der Waals surface area contributed by atoms with Gasteiger partial charge in [-0.1, -0.05) is 12.5 Å². The Bertz CT molecular complexity index is 1330. The number of rotatable bonds is 6. The molecule has 0 spiro atoms. The number of nitrogens with zero attached hydrogens (tertiary/aromatic N) is 5. The van der Waals surface area contributed by atoms with Crippen molar-refractivity contribution >= 4 is 28.5 Å². The van der Waals surface area contributed by atoms with E-state index in [0.717, 1.165) is 16.5 Å². The molecular formula is C24H27N7O3. The number of ether oxygens (including phenoxy) is 1. The van der Waals surface area contributed by atoms with E-state index in [2.05, 4.69) is 33.9 Å². The molecule has 3 N–H and O–H groups in total. The standard InChI is InChI=1S/C24H27N7O3/c1-5-21(32)30-13-17(11-18(30)14-34-4)31-24(26-2)22(23(25)33)20(28-31)9-7-15-6-8-19-16(10-15)12-29(3)27-19/h5-6,8,10,12,17-18,26H,1,11,13-14H2,2-4H3,(H2,25,33)/t17-,18+/m0/s1. The summed E-state index contributed by atoms with van der Waals surface area (Å²) in [6.07, 6.45) is 3.81. The molecule has 10 heteroatoms. The Kier molecular flexibility index (Phi) is 6.38. The largest absolute Gasteiger partial charge is 0.383 e. The lowest BCUT2D eigenvalue weighted by atomic mass is 10.1. The summed E-state index contributed by atoms with van der Waals surface area (Å²) in [7, 11) is 5.15. The summed E-state index contributed by atoms with van der Waals surface area (Å²) in [4.78, 5) is 26.4. The highest BCUT2D eigenvalue weighted by molar-refractivity contribution is 6.00. The van der Waals surface area contributed by atoms with Crippen LogP contribution in [0.25, 0.3) is 10.9 Å². The van der Waals surface area contributed by atoms with E-state index in [9.17, 15) is 9.59 Å². The summed E-state index contributed by atoms with van der Waals surface area (Å²) in [6, 6.07) is 5.37. The fraction of sp³-hybridized carbons (Fsp3) is 0.333. The number of hydrogen-bond acceptors (Lipinski definition) is 6. The molecule has 0 unspecified atom stereocenters. The van der Waals surface area contributed by atoms with Gasteiger partial charge in [-0.25, -0.2) is 4.68 Å². The van der Waals surface area contributed by atoms with Crippen LogP contribution in [0.4, 0.5) is 5.82 Å². The Hall–Kier alpha value is -4.10. The van der Waals surface area contributed by atoms with E-state index in [-0.39, 0.29) is 29.2 Å². The molecular weight excluding hydrogens is 434 g/mol. The molecule has 176 valence electrons. The van der Waals surface area contributed by atoms with Gasteiger partial charge in [0.1, 0.15) is 11.4 Å². The molecule has 1 saturated heterocycles. The summed E-state index contributed by atoms with van der Waals surface area (Å²) in [5.41, 5.74) is 7.84. The van der Waals surface area contributed by atoms with Crippen molar-refractivity contribution in [2.45, 2.75) is 18.5 Å². The van der Waals surface area contributed by atoms with E-state index in [1.165, 1.54) is 6.08 Å². The molecule has 0 saturated carbocycles. The lowest BCUT2D eigenvalue weighted by molar-refractivity contribution is -0.127. The predicted octanol–water partition coefficient (Wildman–Crippen LogP) is 1.28. The maximum atomic E-state index is 12.4. The molecule has 0 aliphatic carbocycles. The molecule has 2 aromatic heterocycles. The molecule has 1 aromatic carbocycles. The van der Waals surface area contributed by atoms with Crippen LogP contribution < -0.4 is 11.1 Å². The first-order chi connectivity index (χ1) is 16.4. The highest BCUT2D eigenvalue weighted by atomic mass is 16.5. The Morgan fingerprint density at radius 2 is 2.15 bits per heavy atom. The van der Waals surface area contributed by atoms with Gasteiger partial charge in [0.05, 0.1) is 24.2 Å². The second-order valence-electron chi connectivity index (χ2n) is 8.15. The SMILES string of the molecule is C=CC(=O)N1C[C@@H](n2nc(C#Cc3ccc4nn(C)cc4c3)c(C(N)=O)c2NC)C[C@@H]1COC. The van der Waals surface area contributed by atoms with Crippen molar-refractivity contribution in [3.8, 4) is 11.8 Å². The van der Waals surface area contributed by atoms with E-state index < -0.39 is 5.91 Å². The molecule has 3 aromatic rings. The fourth-order valence-corrected chi connectivity index (χ4v) is 4.42. The number of nitrogens with one attached hydrogen (secondary N) is 1. The highest BCUT2D eigenvalue weighted by Crippen LogP contribution is 2.32. The maximum absolute atomic E-state index is 12.4. The number of carbonyl (C=O) groups is 2. The first kappa shape index (κ1) is 23.1. The van der Waals surface area contributed by atoms with Gasteiger partial charge < -0.3 is 20.7 Å². The highest BCUT2D eigenvalue weighted by Gasteiger charge is 2.37. The molecule has 1 aliphatic rings. The van der Waals surface area contributed by atoms with Crippen LogP contribution in [0.2, 0.25) is 0 Å². The summed E-state index contributed by atoms with van der Waals surface area (Å²) >= 11 is 0. The maximum Gasteiger partial charge on any atom is 0.255 e. The quantitative estimate of drug-likeness (QED) is 0.422. The Morgan fingerprint density at radius 3 is 2.82 bits per heavy atom. The predicted molar refractivity (Wildman–Crippen MR) is 128 cm³/mol. The zero-order valence-corrected chi connectivity index (χ0v) is 19.4. The summed E-state index contributed by atoms with van der Waals surface area (Å²) in [5.74, 6) is 5.75. The van der Waals surface area contributed by atoms with Crippen molar-refractivity contribution in [3.05, 3.63) is 53.9 Å². The molecule has 0 bridgehead atoms. The number of aryl methyl sites for hydroxylation is 1. The average Bonchev–Trinajstić information content (AvgIpc) is 3.50. The number of benzene rings is 1. The Morgan fingerprint density at radius 1 is 1.35 bits per heavy atom. The van der Waals surface area contributed by atoms with Crippen molar-refractivity contribution in [3.63, 3.8) is 0 Å². The van der Waals surface area contributed by atoms with Crippen molar-refractivity contribution < 1.29 is 14.3 Å². The Balaban J connectivity index is 1.72. The van der Waals surface area contributed by atoms with Gasteiger partial charge in [-0.3, -0.25) is 14.3 Å². The van der Waals surface area contributed by atoms with Crippen LogP contribution in [0.5, 0.6) is 0 Å². The van der Waals surface area contributed by atoms with Gasteiger partial charge in [0.25, 0.3) is 5.91 Å². The van der Waals surface area contributed by atoms with E-state index in [0.29, 0.717) is 25.4 Å². The van der Waals surface area contributed by atoms with Crippen LogP contribution in [0.15, 0.2) is 37.1 Å². The van der Waals surface area contributed by atoms with Crippen LogP contribution in [0.3, 0.4) is 0 Å². The van der Waals surface area contributed by atoms with Gasteiger partial charge in [0, 0.05) is 44.9 Å². The van der Waals surface area contributed by atoms with E-state index >= 15 is 0 Å². The van der Waals surface area contributed by atoms with Crippen molar-refractivity contribution in [2.75, 3.05) is 32.6 Å². The van der Waals surface area contributed by atoms with Crippen LogP contribution >= 0.6 is 0 Å². The topological polar surface area (TPSA) is 120 Å². The summed E-state index contributed by atoms with van der Waals surface area (Å²) in [6.45, 7) is 4.38. The lowest BCUT2D eigenvalue weighted by Gasteiger charge is -2.22. The normalized spacial score (nSPS) is 17.4. The third kappa shape index (κ3) is 4.25. The third-order valence-electron chi connectivity index (χ3n) is 5.89. The first-order valence-corrected chi connectivity index (χ1v) is 10.8. The van der Waals surface area contributed by atoms with Crippen LogP contribution in [0, 0.1) is 11.8 Å². The minimum absolute atomic E-state index is 0.132. The number of fused-ring (bicyclic) bond motifs is 1. The van der Waals surface area contributed by atoms with Crippen molar-refractivity contribution in [1.29, 1.82) is 0 Å². The van der Waals surface area contributed by atoms with Crippen LogP contribution in [-0.2, 0) is 16.6 Å². The van der Waals surface area contributed by atoms with Crippen molar-refractivity contribution in [1.82, 2.24) is 24.5 Å². The third-order valence-corrected chi connectivity index (χ3v) is 5.89. The van der Waals surface area contributed by atoms with Gasteiger partial charge >= 0.3 is 0 Å². The zero-order chi connectivity index (χ0) is 24.4.